The molecule has 6 heteroatoms. The van der Waals surface area contributed by atoms with Gasteiger partial charge < -0.3 is 14.4 Å². The molecule has 20 heavy (non-hydrogen) atoms. The molecule has 1 N–H and O–H groups in total. The highest BCUT2D eigenvalue weighted by atomic mass is 16.5. The number of quaternary nitrogens is 1. The Kier molecular flexibility index (Phi) is 5.76. The van der Waals surface area contributed by atoms with E-state index >= 15 is 0 Å². The molecule has 1 aromatic rings. The van der Waals surface area contributed by atoms with Gasteiger partial charge in [0, 0.05) is 27.6 Å². The molecule has 5 nitrogen and oxygen atoms in total. The van der Waals surface area contributed by atoms with Crippen LogP contribution in [0.1, 0.15) is 5.56 Å². The zero-order valence-corrected chi connectivity index (χ0v) is 12.4. The molecule has 107 valence electrons. The minimum absolute atomic E-state index is 0.288. The maximum absolute atomic E-state index is 11.9. The Bertz CT molecular complexity index is 457. The molecule has 0 spiro atoms. The average molecular weight is 276 g/mol. The lowest BCUT2D eigenvalue weighted by Gasteiger charge is -2.23. The summed E-state index contributed by atoms with van der Waals surface area (Å²) in [5.74, 6) is -0.735. The third kappa shape index (κ3) is 5.88. The van der Waals surface area contributed by atoms with Gasteiger partial charge in [0.1, 0.15) is 6.04 Å². The molecule has 1 atom stereocenters. The second-order valence-corrected chi connectivity index (χ2v) is 5.52. The number of hydrogen-bond acceptors (Lipinski definition) is 3. The van der Waals surface area contributed by atoms with E-state index in [4.69, 9.17) is 4.74 Å². The van der Waals surface area contributed by atoms with Gasteiger partial charge in [0.15, 0.2) is 0 Å². The van der Waals surface area contributed by atoms with Crippen molar-refractivity contribution in [2.75, 3.05) is 28.3 Å². The Hall–Kier alpha value is -1.82. The van der Waals surface area contributed by atoms with Crippen molar-refractivity contribution in [1.29, 1.82) is 0 Å². The molecule has 1 radical (unpaired) electrons. The van der Waals surface area contributed by atoms with E-state index in [1.807, 2.05) is 51.5 Å². The predicted molar refractivity (Wildman–Crippen MR) is 78.3 cm³/mol. The molecule has 1 rings (SSSR count). The molecule has 1 aromatic carbocycles. The fourth-order valence-electron chi connectivity index (χ4n) is 1.75. The van der Waals surface area contributed by atoms with Crippen LogP contribution >= 0.6 is 0 Å². The van der Waals surface area contributed by atoms with Crippen molar-refractivity contribution in [2.45, 2.75) is 12.5 Å². The highest BCUT2D eigenvalue weighted by Gasteiger charge is 2.28. The first-order chi connectivity index (χ1) is 9.31. The lowest BCUT2D eigenvalue weighted by Crippen LogP contribution is -2.51. The lowest BCUT2D eigenvalue weighted by atomic mass is 9.87. The van der Waals surface area contributed by atoms with Crippen LogP contribution in [0.4, 0.5) is 4.79 Å². The number of amides is 1. The largest absolute Gasteiger partial charge is 0.551 e. The molecule has 1 amide bonds. The topological polar surface area (TPSA) is 55.4 Å². The smallest absolute Gasteiger partial charge is 0.467 e. The summed E-state index contributed by atoms with van der Waals surface area (Å²) in [7, 11) is 8.41. The Morgan fingerprint density at radius 2 is 1.85 bits per heavy atom. The van der Waals surface area contributed by atoms with E-state index in [1.165, 1.54) is 14.5 Å². The molecule has 0 aliphatic heterocycles. The summed E-state index contributed by atoms with van der Waals surface area (Å²) in [6.45, 7) is 0. The SMILES string of the molecule is COC(=O)[C@H](Cc1ccccc1)NC(=O)[B][N+](C)(C)C. The predicted octanol–water partition coefficient (Wildman–Crippen LogP) is 0.806. The molecule has 0 saturated heterocycles. The normalized spacial score (nSPS) is 12.4. The van der Waals surface area contributed by atoms with Crippen LogP contribution < -0.4 is 5.32 Å². The van der Waals surface area contributed by atoms with Crippen molar-refractivity contribution in [3.63, 3.8) is 0 Å². The number of carbonyl (C=O) groups excluding carboxylic acids is 2. The maximum atomic E-state index is 11.9. The first-order valence-electron chi connectivity index (χ1n) is 6.41. The average Bonchev–Trinajstić information content (AvgIpc) is 2.36. The fraction of sp³-hybridized carbons (Fsp3) is 0.429. The van der Waals surface area contributed by atoms with Crippen LogP contribution in [0.5, 0.6) is 0 Å². The van der Waals surface area contributed by atoms with Crippen LogP contribution in [0.25, 0.3) is 0 Å². The van der Waals surface area contributed by atoms with E-state index in [2.05, 4.69) is 5.32 Å². The number of nitrogens with zero attached hydrogens (tertiary/aromatic N) is 1. The number of methoxy groups -OCH3 is 1. The Balaban J connectivity index is 2.70. The summed E-state index contributed by atoms with van der Waals surface area (Å²) >= 11 is 0. The first kappa shape index (κ1) is 16.2. The van der Waals surface area contributed by atoms with Gasteiger partial charge in [0.25, 0.3) is 5.81 Å². The van der Waals surface area contributed by atoms with Gasteiger partial charge in [0.2, 0.25) is 0 Å². The third-order valence-electron chi connectivity index (χ3n) is 2.59. The fourth-order valence-corrected chi connectivity index (χ4v) is 1.75. The summed E-state index contributed by atoms with van der Waals surface area (Å²) in [5.41, 5.74) is 0.966. The summed E-state index contributed by atoms with van der Waals surface area (Å²) in [6, 6.07) is 8.82. The molecular formula is C14H21BN2O3+. The quantitative estimate of drug-likeness (QED) is 0.618. The summed E-state index contributed by atoms with van der Waals surface area (Å²) in [4.78, 5) is 23.7. The van der Waals surface area contributed by atoms with E-state index in [0.29, 0.717) is 10.8 Å². The van der Waals surface area contributed by atoms with Crippen LogP contribution in [-0.4, -0.2) is 57.9 Å². The highest BCUT2D eigenvalue weighted by molar-refractivity contribution is 6.67. The van der Waals surface area contributed by atoms with Crippen molar-refractivity contribution in [3.8, 4) is 0 Å². The Morgan fingerprint density at radius 1 is 1.25 bits per heavy atom. The summed E-state index contributed by atoms with van der Waals surface area (Å²) in [6.07, 6.45) is 0.407. The van der Waals surface area contributed by atoms with E-state index in [9.17, 15) is 9.59 Å². The Labute approximate surface area is 120 Å². The van der Waals surface area contributed by atoms with Gasteiger partial charge in [-0.15, -0.1) is 0 Å². The number of esters is 1. The molecule has 0 bridgehead atoms. The Morgan fingerprint density at radius 3 is 2.35 bits per heavy atom. The number of benzene rings is 1. The summed E-state index contributed by atoms with van der Waals surface area (Å²) in [5, 5.41) is 2.69. The van der Waals surface area contributed by atoms with Crippen LogP contribution in [0.2, 0.25) is 0 Å². The number of carbonyl (C=O) groups is 2. The minimum Gasteiger partial charge on any atom is -0.467 e. The maximum Gasteiger partial charge on any atom is 0.551 e. The van der Waals surface area contributed by atoms with Crippen LogP contribution in [0.15, 0.2) is 30.3 Å². The van der Waals surface area contributed by atoms with Crippen LogP contribution in [0.3, 0.4) is 0 Å². The molecule has 0 aliphatic carbocycles. The molecule has 0 saturated carbocycles. The monoisotopic (exact) mass is 276 g/mol. The van der Waals surface area contributed by atoms with E-state index in [1.54, 1.807) is 0 Å². The summed E-state index contributed by atoms with van der Waals surface area (Å²) < 4.78 is 5.12. The van der Waals surface area contributed by atoms with Crippen molar-refractivity contribution in [3.05, 3.63) is 35.9 Å². The van der Waals surface area contributed by atoms with Crippen molar-refractivity contribution in [2.24, 2.45) is 0 Å². The molecule has 0 fully saturated rings. The second kappa shape index (κ2) is 7.10. The number of rotatable bonds is 6. The van der Waals surface area contributed by atoms with Gasteiger partial charge in [-0.3, -0.25) is 4.79 Å². The number of hydrogen-bond donors (Lipinski definition) is 1. The zero-order valence-electron chi connectivity index (χ0n) is 12.4. The van der Waals surface area contributed by atoms with Gasteiger partial charge in [-0.2, -0.15) is 0 Å². The van der Waals surface area contributed by atoms with Crippen LogP contribution in [0, 0.1) is 0 Å². The van der Waals surface area contributed by atoms with Gasteiger partial charge in [-0.1, -0.05) is 30.3 Å². The van der Waals surface area contributed by atoms with Crippen molar-refractivity contribution >= 4 is 19.2 Å². The first-order valence-corrected chi connectivity index (χ1v) is 6.41. The van der Waals surface area contributed by atoms with Gasteiger partial charge in [-0.05, 0) is 5.56 Å². The van der Waals surface area contributed by atoms with Gasteiger partial charge in [-0.25, -0.2) is 4.79 Å². The van der Waals surface area contributed by atoms with Crippen molar-refractivity contribution < 1.29 is 18.7 Å². The standard InChI is InChI=1S/C14H21BN2O3/c1-17(2,3)15-14(19)16-12(13(18)20-4)10-11-8-6-5-7-9-11/h5-9,12H,10H2,1-4H3,(H,16,19)/q+1/t12-/m0/s1. The molecule has 0 aliphatic rings. The lowest BCUT2D eigenvalue weighted by molar-refractivity contribution is -0.753. The zero-order chi connectivity index (χ0) is 15.2. The van der Waals surface area contributed by atoms with Gasteiger partial charge >= 0.3 is 13.4 Å². The molecular weight excluding hydrogens is 255 g/mol. The number of ether oxygens (including phenoxy) is 1. The molecule has 0 heterocycles. The molecule has 0 unspecified atom stereocenters. The van der Waals surface area contributed by atoms with E-state index in [-0.39, 0.29) is 5.81 Å². The highest BCUT2D eigenvalue weighted by Crippen LogP contribution is 2.05. The molecule has 0 aromatic heterocycles. The number of nitrogens with one attached hydrogen (secondary N) is 1. The van der Waals surface area contributed by atoms with Gasteiger partial charge in [0.05, 0.1) is 7.11 Å². The second-order valence-electron chi connectivity index (χ2n) is 5.52. The van der Waals surface area contributed by atoms with Crippen LogP contribution in [-0.2, 0) is 16.0 Å². The van der Waals surface area contributed by atoms with E-state index in [0.717, 1.165) is 5.56 Å². The third-order valence-corrected chi connectivity index (χ3v) is 2.59. The van der Waals surface area contributed by atoms with Crippen molar-refractivity contribution in [1.82, 2.24) is 5.32 Å². The van der Waals surface area contributed by atoms with E-state index < -0.39 is 12.0 Å². The minimum atomic E-state index is -0.683.